The highest BCUT2D eigenvalue weighted by Gasteiger charge is 2.15. The molecule has 108 valence electrons. The molecular formula is C16H22FN3. The quantitative estimate of drug-likeness (QED) is 0.908. The summed E-state index contributed by atoms with van der Waals surface area (Å²) >= 11 is 0. The Morgan fingerprint density at radius 1 is 1.25 bits per heavy atom. The maximum atomic E-state index is 13.6. The van der Waals surface area contributed by atoms with Crippen molar-refractivity contribution in [1.82, 2.24) is 15.1 Å². The predicted molar refractivity (Wildman–Crippen MR) is 79.3 cm³/mol. The number of rotatable bonds is 5. The third-order valence-electron chi connectivity index (χ3n) is 3.51. The molecule has 1 heterocycles. The molecule has 2 aromatic rings. The van der Waals surface area contributed by atoms with E-state index in [-0.39, 0.29) is 11.9 Å². The summed E-state index contributed by atoms with van der Waals surface area (Å²) in [7, 11) is 1.91. The highest BCUT2D eigenvalue weighted by Crippen LogP contribution is 2.21. The van der Waals surface area contributed by atoms with Gasteiger partial charge in [-0.2, -0.15) is 5.10 Å². The van der Waals surface area contributed by atoms with E-state index in [4.69, 9.17) is 0 Å². The number of aromatic nitrogens is 2. The van der Waals surface area contributed by atoms with Crippen LogP contribution in [0.3, 0.4) is 0 Å². The molecule has 0 aliphatic carbocycles. The molecule has 0 saturated carbocycles. The van der Waals surface area contributed by atoms with E-state index in [0.717, 1.165) is 29.8 Å². The van der Waals surface area contributed by atoms with Gasteiger partial charge < -0.3 is 5.32 Å². The Kier molecular flexibility index (Phi) is 4.55. The number of nitrogens with one attached hydrogen (secondary N) is 1. The van der Waals surface area contributed by atoms with Crippen LogP contribution in [0.1, 0.15) is 35.5 Å². The fourth-order valence-corrected chi connectivity index (χ4v) is 2.60. The average molecular weight is 275 g/mol. The van der Waals surface area contributed by atoms with Crippen molar-refractivity contribution >= 4 is 0 Å². The van der Waals surface area contributed by atoms with Crippen molar-refractivity contribution < 1.29 is 4.39 Å². The maximum absolute atomic E-state index is 13.6. The van der Waals surface area contributed by atoms with E-state index >= 15 is 0 Å². The highest BCUT2D eigenvalue weighted by molar-refractivity contribution is 5.27. The second-order valence-electron chi connectivity index (χ2n) is 5.20. The van der Waals surface area contributed by atoms with E-state index in [0.29, 0.717) is 0 Å². The molecule has 3 nitrogen and oxygen atoms in total. The van der Waals surface area contributed by atoms with Gasteiger partial charge in [0.05, 0.1) is 5.69 Å². The van der Waals surface area contributed by atoms with Crippen LogP contribution in [0.25, 0.3) is 0 Å². The molecule has 4 heteroatoms. The van der Waals surface area contributed by atoms with Crippen molar-refractivity contribution in [1.29, 1.82) is 0 Å². The smallest absolute Gasteiger partial charge is 0.123 e. The summed E-state index contributed by atoms with van der Waals surface area (Å²) in [6.07, 6.45) is 0.800. The van der Waals surface area contributed by atoms with E-state index in [1.165, 1.54) is 5.69 Å². The van der Waals surface area contributed by atoms with Gasteiger partial charge in [0, 0.05) is 24.7 Å². The molecule has 1 aromatic carbocycles. The van der Waals surface area contributed by atoms with Crippen LogP contribution in [0.4, 0.5) is 4.39 Å². The largest absolute Gasteiger partial charge is 0.313 e. The van der Waals surface area contributed by atoms with Gasteiger partial charge >= 0.3 is 0 Å². The van der Waals surface area contributed by atoms with Gasteiger partial charge in [0.25, 0.3) is 0 Å². The molecule has 0 saturated heterocycles. The summed E-state index contributed by atoms with van der Waals surface area (Å²) in [5, 5.41) is 7.73. The van der Waals surface area contributed by atoms with Crippen LogP contribution in [0.2, 0.25) is 0 Å². The summed E-state index contributed by atoms with van der Waals surface area (Å²) in [5.41, 5.74) is 4.12. The third kappa shape index (κ3) is 3.25. The molecule has 0 radical (unpaired) electrons. The zero-order valence-electron chi connectivity index (χ0n) is 12.6. The molecule has 1 N–H and O–H groups in total. The zero-order valence-corrected chi connectivity index (χ0v) is 12.6. The molecule has 0 spiro atoms. The minimum atomic E-state index is -0.180. The maximum Gasteiger partial charge on any atom is 0.123 e. The average Bonchev–Trinajstić information content (AvgIpc) is 2.74. The van der Waals surface area contributed by atoms with Crippen LogP contribution in [-0.2, 0) is 13.0 Å². The van der Waals surface area contributed by atoms with Crippen molar-refractivity contribution in [2.45, 2.75) is 39.8 Å². The first-order chi connectivity index (χ1) is 9.53. The number of benzene rings is 1. The minimum Gasteiger partial charge on any atom is -0.313 e. The Balaban J connectivity index is 2.28. The molecule has 2 rings (SSSR count). The lowest BCUT2D eigenvalue weighted by atomic mass is 10.00. The molecule has 0 fully saturated rings. The molecular weight excluding hydrogens is 253 g/mol. The van der Waals surface area contributed by atoms with Crippen LogP contribution >= 0.6 is 0 Å². The van der Waals surface area contributed by atoms with E-state index in [9.17, 15) is 4.39 Å². The van der Waals surface area contributed by atoms with Crippen molar-refractivity contribution in [3.05, 3.63) is 52.6 Å². The lowest BCUT2D eigenvalue weighted by molar-refractivity contribution is 0.536. The molecule has 0 amide bonds. The fraction of sp³-hybridized carbons (Fsp3) is 0.438. The molecule has 1 unspecified atom stereocenters. The summed E-state index contributed by atoms with van der Waals surface area (Å²) in [5.74, 6) is -0.180. The van der Waals surface area contributed by atoms with Crippen molar-refractivity contribution in [3.63, 3.8) is 0 Å². The van der Waals surface area contributed by atoms with Gasteiger partial charge in [-0.1, -0.05) is 6.07 Å². The summed E-state index contributed by atoms with van der Waals surface area (Å²) in [6.45, 7) is 6.84. The van der Waals surface area contributed by atoms with Gasteiger partial charge in [0.2, 0.25) is 0 Å². The van der Waals surface area contributed by atoms with Gasteiger partial charge in [0.15, 0.2) is 0 Å². The van der Waals surface area contributed by atoms with Gasteiger partial charge in [-0.25, -0.2) is 4.39 Å². The van der Waals surface area contributed by atoms with Crippen molar-refractivity contribution in [3.8, 4) is 0 Å². The Morgan fingerprint density at radius 3 is 2.60 bits per heavy atom. The summed E-state index contributed by atoms with van der Waals surface area (Å²) < 4.78 is 15.6. The van der Waals surface area contributed by atoms with Crippen LogP contribution in [0, 0.1) is 19.7 Å². The van der Waals surface area contributed by atoms with E-state index in [2.05, 4.69) is 23.4 Å². The molecule has 0 bridgehead atoms. The zero-order chi connectivity index (χ0) is 14.7. The van der Waals surface area contributed by atoms with Gasteiger partial charge in [0.1, 0.15) is 5.82 Å². The van der Waals surface area contributed by atoms with E-state index in [1.807, 2.05) is 31.6 Å². The number of hydrogen-bond donors (Lipinski definition) is 1. The molecule has 1 atom stereocenters. The van der Waals surface area contributed by atoms with Crippen molar-refractivity contribution in [2.24, 2.45) is 0 Å². The molecule has 0 aliphatic heterocycles. The van der Waals surface area contributed by atoms with Crippen LogP contribution < -0.4 is 5.32 Å². The van der Waals surface area contributed by atoms with Gasteiger partial charge in [-0.05, 0) is 57.1 Å². The third-order valence-corrected chi connectivity index (χ3v) is 3.51. The molecule has 0 aliphatic rings. The first-order valence-corrected chi connectivity index (χ1v) is 7.01. The van der Waals surface area contributed by atoms with Crippen molar-refractivity contribution in [2.75, 3.05) is 7.05 Å². The van der Waals surface area contributed by atoms with Gasteiger partial charge in [-0.3, -0.25) is 4.68 Å². The van der Waals surface area contributed by atoms with Crippen LogP contribution in [-0.4, -0.2) is 16.8 Å². The number of likely N-dealkylation sites (N-methyl/N-ethyl adjacent to an activating group) is 1. The van der Waals surface area contributed by atoms with Crippen LogP contribution in [0.5, 0.6) is 0 Å². The standard InChI is InChI=1S/C16H22FN3/c1-5-20-15(8-12(3)19-20)10-16(18-4)13-6-11(2)7-14(17)9-13/h6-9,16,18H,5,10H2,1-4H3. The van der Waals surface area contributed by atoms with Gasteiger partial charge in [-0.15, -0.1) is 0 Å². The fourth-order valence-electron chi connectivity index (χ4n) is 2.60. The van der Waals surface area contributed by atoms with E-state index in [1.54, 1.807) is 12.1 Å². The van der Waals surface area contributed by atoms with Crippen LogP contribution in [0.15, 0.2) is 24.3 Å². The molecule has 1 aromatic heterocycles. The predicted octanol–water partition coefficient (Wildman–Crippen LogP) is 3.16. The summed E-state index contributed by atoms with van der Waals surface area (Å²) in [6, 6.07) is 7.37. The monoisotopic (exact) mass is 275 g/mol. The topological polar surface area (TPSA) is 29.9 Å². The molecule has 20 heavy (non-hydrogen) atoms. The highest BCUT2D eigenvalue weighted by atomic mass is 19.1. The SMILES string of the molecule is CCn1nc(C)cc1CC(NC)c1cc(C)cc(F)c1. The first-order valence-electron chi connectivity index (χ1n) is 7.01. The normalized spacial score (nSPS) is 12.7. The number of aryl methyl sites for hydroxylation is 3. The Morgan fingerprint density at radius 2 is 2.00 bits per heavy atom. The minimum absolute atomic E-state index is 0.0887. The Hall–Kier alpha value is -1.68. The Labute approximate surface area is 119 Å². The van der Waals surface area contributed by atoms with E-state index < -0.39 is 0 Å². The second-order valence-corrected chi connectivity index (χ2v) is 5.20. The number of hydrogen-bond acceptors (Lipinski definition) is 2. The lowest BCUT2D eigenvalue weighted by Crippen LogP contribution is -2.20. The lowest BCUT2D eigenvalue weighted by Gasteiger charge is -2.18. The summed E-state index contributed by atoms with van der Waals surface area (Å²) in [4.78, 5) is 0. The first kappa shape index (κ1) is 14.7. The second kappa shape index (κ2) is 6.18. The number of halogens is 1. The Bertz CT molecular complexity index is 569. The number of nitrogens with zero attached hydrogens (tertiary/aromatic N) is 2.